The summed E-state index contributed by atoms with van der Waals surface area (Å²) in [6, 6.07) is 11.8. The van der Waals surface area contributed by atoms with Gasteiger partial charge in [0.25, 0.3) is 0 Å². The van der Waals surface area contributed by atoms with E-state index in [2.05, 4.69) is 5.32 Å². The highest BCUT2D eigenvalue weighted by Crippen LogP contribution is 2.38. The molecule has 1 heterocycles. The molecule has 0 spiro atoms. The summed E-state index contributed by atoms with van der Waals surface area (Å²) in [6.45, 7) is 1.000. The van der Waals surface area contributed by atoms with Gasteiger partial charge in [-0.05, 0) is 35.4 Å². The van der Waals surface area contributed by atoms with Crippen LogP contribution < -0.4 is 14.8 Å². The van der Waals surface area contributed by atoms with Crippen molar-refractivity contribution in [1.29, 1.82) is 0 Å². The van der Waals surface area contributed by atoms with Gasteiger partial charge < -0.3 is 19.7 Å². The van der Waals surface area contributed by atoms with Crippen LogP contribution in [0.1, 0.15) is 16.5 Å². The maximum Gasteiger partial charge on any atom is 0.318 e. The molecule has 138 valence electrons. The molecule has 0 bridgehead atoms. The van der Waals surface area contributed by atoms with E-state index < -0.39 is 0 Å². The normalized spacial score (nSPS) is 16.4. The maximum absolute atomic E-state index is 13.5. The average molecular weight is 376 g/mol. The number of nitrogens with one attached hydrogen (secondary N) is 1. The van der Waals surface area contributed by atoms with Crippen LogP contribution in [0, 0.1) is 5.82 Å². The molecule has 0 saturated carbocycles. The van der Waals surface area contributed by atoms with Crippen molar-refractivity contribution in [3.8, 4) is 11.5 Å². The highest BCUT2D eigenvalue weighted by atomic mass is 32.2. The molecule has 1 N–H and O–H groups in total. The van der Waals surface area contributed by atoms with Crippen molar-refractivity contribution in [3.63, 3.8) is 0 Å². The number of urea groups is 1. The molecule has 1 fully saturated rings. The molecule has 2 aromatic carbocycles. The molecule has 5 nitrogen and oxygen atoms in total. The summed E-state index contributed by atoms with van der Waals surface area (Å²) < 4.78 is 24.0. The van der Waals surface area contributed by atoms with Crippen LogP contribution in [0.15, 0.2) is 42.5 Å². The first-order valence-corrected chi connectivity index (χ1v) is 9.29. The van der Waals surface area contributed by atoms with Gasteiger partial charge in [0.1, 0.15) is 11.2 Å². The quantitative estimate of drug-likeness (QED) is 0.862. The second-order valence-electron chi connectivity index (χ2n) is 5.82. The third kappa shape index (κ3) is 4.04. The number of carbonyl (C=O) groups excluding carboxylic acids is 1. The second-order valence-corrected chi connectivity index (χ2v) is 7.01. The molecule has 3 rings (SSSR count). The smallest absolute Gasteiger partial charge is 0.318 e. The lowest BCUT2D eigenvalue weighted by atomic mass is 10.2. The number of carbonyl (C=O) groups is 1. The molecular weight excluding hydrogens is 355 g/mol. The minimum absolute atomic E-state index is 0.168. The third-order valence-electron chi connectivity index (χ3n) is 4.18. The van der Waals surface area contributed by atoms with E-state index in [0.717, 1.165) is 16.9 Å². The van der Waals surface area contributed by atoms with Crippen molar-refractivity contribution in [2.24, 2.45) is 0 Å². The minimum Gasteiger partial charge on any atom is -0.493 e. The number of hydrogen-bond acceptors (Lipinski definition) is 4. The molecule has 26 heavy (non-hydrogen) atoms. The Balaban J connectivity index is 1.66. The highest BCUT2D eigenvalue weighted by Gasteiger charge is 2.30. The molecular formula is C19H21FN2O3S. The van der Waals surface area contributed by atoms with E-state index in [1.54, 1.807) is 36.9 Å². The van der Waals surface area contributed by atoms with Gasteiger partial charge in [0, 0.05) is 18.8 Å². The predicted octanol–water partition coefficient (Wildman–Crippen LogP) is 3.80. The van der Waals surface area contributed by atoms with Crippen LogP contribution in [0.4, 0.5) is 9.18 Å². The SMILES string of the molecule is COc1ccc(CNC(=O)N2CCS[C@H]2c2cccc(F)c2)cc1OC. The zero-order valence-electron chi connectivity index (χ0n) is 14.7. The molecule has 1 atom stereocenters. The summed E-state index contributed by atoms with van der Waals surface area (Å²) in [7, 11) is 3.15. The summed E-state index contributed by atoms with van der Waals surface area (Å²) in [4.78, 5) is 14.4. The average Bonchev–Trinajstić information content (AvgIpc) is 3.15. The molecule has 0 aliphatic carbocycles. The van der Waals surface area contributed by atoms with Gasteiger partial charge in [0.15, 0.2) is 11.5 Å². The Morgan fingerprint density at radius 3 is 2.77 bits per heavy atom. The molecule has 1 aliphatic rings. The largest absolute Gasteiger partial charge is 0.493 e. The molecule has 7 heteroatoms. The molecule has 0 unspecified atom stereocenters. The Kier molecular flexibility index (Phi) is 5.88. The van der Waals surface area contributed by atoms with Gasteiger partial charge in [-0.1, -0.05) is 18.2 Å². The van der Waals surface area contributed by atoms with E-state index in [1.165, 1.54) is 12.1 Å². The summed E-state index contributed by atoms with van der Waals surface area (Å²) in [5.41, 5.74) is 1.71. The summed E-state index contributed by atoms with van der Waals surface area (Å²) in [6.07, 6.45) is 0. The number of hydrogen-bond donors (Lipinski definition) is 1. The van der Waals surface area contributed by atoms with Gasteiger partial charge in [-0.25, -0.2) is 9.18 Å². The lowest BCUT2D eigenvalue weighted by molar-refractivity contribution is 0.199. The maximum atomic E-state index is 13.5. The van der Waals surface area contributed by atoms with Gasteiger partial charge in [-0.15, -0.1) is 11.8 Å². The lowest BCUT2D eigenvalue weighted by Gasteiger charge is -2.24. The van der Waals surface area contributed by atoms with E-state index >= 15 is 0 Å². The number of halogens is 1. The Hall–Kier alpha value is -2.41. The topological polar surface area (TPSA) is 50.8 Å². The number of methoxy groups -OCH3 is 2. The summed E-state index contributed by atoms with van der Waals surface area (Å²) in [5, 5.41) is 2.76. The van der Waals surface area contributed by atoms with Crippen LogP contribution in [0.5, 0.6) is 11.5 Å². The van der Waals surface area contributed by atoms with Crippen LogP contribution in [-0.4, -0.2) is 37.4 Å². The van der Waals surface area contributed by atoms with Crippen molar-refractivity contribution in [1.82, 2.24) is 10.2 Å². The third-order valence-corrected chi connectivity index (χ3v) is 5.44. The molecule has 0 aromatic heterocycles. The number of benzene rings is 2. The molecule has 0 radical (unpaired) electrons. The lowest BCUT2D eigenvalue weighted by Crippen LogP contribution is -2.39. The Bertz CT molecular complexity index is 787. The van der Waals surface area contributed by atoms with Crippen LogP contribution in [0.3, 0.4) is 0 Å². The molecule has 1 saturated heterocycles. The zero-order chi connectivity index (χ0) is 18.5. The fourth-order valence-corrected chi connectivity index (χ4v) is 4.13. The molecule has 2 aromatic rings. The highest BCUT2D eigenvalue weighted by molar-refractivity contribution is 7.99. The van der Waals surface area contributed by atoms with Crippen LogP contribution in [0.25, 0.3) is 0 Å². The van der Waals surface area contributed by atoms with Crippen LogP contribution in [-0.2, 0) is 6.54 Å². The summed E-state index contributed by atoms with van der Waals surface area (Å²) >= 11 is 1.64. The number of nitrogens with zero attached hydrogens (tertiary/aromatic N) is 1. The predicted molar refractivity (Wildman–Crippen MR) is 100 cm³/mol. The molecule has 1 aliphatic heterocycles. The van der Waals surface area contributed by atoms with Gasteiger partial charge in [0.05, 0.1) is 14.2 Å². The van der Waals surface area contributed by atoms with E-state index in [1.807, 2.05) is 24.3 Å². The second kappa shape index (κ2) is 8.31. The Morgan fingerprint density at radius 1 is 1.23 bits per heavy atom. The fourth-order valence-electron chi connectivity index (χ4n) is 2.88. The first-order valence-electron chi connectivity index (χ1n) is 8.25. The van der Waals surface area contributed by atoms with E-state index in [4.69, 9.17) is 9.47 Å². The van der Waals surface area contributed by atoms with Crippen molar-refractivity contribution in [2.45, 2.75) is 11.9 Å². The first kappa shape index (κ1) is 18.4. The Labute approximate surface area is 156 Å². The van der Waals surface area contributed by atoms with Crippen molar-refractivity contribution in [3.05, 3.63) is 59.4 Å². The van der Waals surface area contributed by atoms with Crippen molar-refractivity contribution >= 4 is 17.8 Å². The van der Waals surface area contributed by atoms with Crippen molar-refractivity contribution < 1.29 is 18.7 Å². The van der Waals surface area contributed by atoms with Gasteiger partial charge in [-0.3, -0.25) is 0 Å². The van der Waals surface area contributed by atoms with Crippen LogP contribution >= 0.6 is 11.8 Å². The number of amides is 2. The van der Waals surface area contributed by atoms with Gasteiger partial charge in [0.2, 0.25) is 0 Å². The van der Waals surface area contributed by atoms with Crippen molar-refractivity contribution in [2.75, 3.05) is 26.5 Å². The standard InChI is InChI=1S/C19H21FN2O3S/c1-24-16-7-6-13(10-17(16)25-2)12-21-19(23)22-8-9-26-18(22)14-4-3-5-15(20)11-14/h3-7,10-11,18H,8-9,12H2,1-2H3,(H,21,23)/t18-/m0/s1. The van der Waals surface area contributed by atoms with E-state index in [0.29, 0.717) is 24.6 Å². The van der Waals surface area contributed by atoms with E-state index in [-0.39, 0.29) is 17.2 Å². The fraction of sp³-hybridized carbons (Fsp3) is 0.316. The summed E-state index contributed by atoms with van der Waals surface area (Å²) in [5.74, 6) is 1.80. The number of thioether (sulfide) groups is 1. The molecule has 2 amide bonds. The zero-order valence-corrected chi connectivity index (χ0v) is 15.5. The van der Waals surface area contributed by atoms with Crippen LogP contribution in [0.2, 0.25) is 0 Å². The number of ether oxygens (including phenoxy) is 2. The van der Waals surface area contributed by atoms with E-state index in [9.17, 15) is 9.18 Å². The first-order chi connectivity index (χ1) is 12.6. The Morgan fingerprint density at radius 2 is 2.04 bits per heavy atom. The number of rotatable bonds is 5. The van der Waals surface area contributed by atoms with Gasteiger partial charge in [-0.2, -0.15) is 0 Å². The monoisotopic (exact) mass is 376 g/mol. The minimum atomic E-state index is -0.291. The van der Waals surface area contributed by atoms with Gasteiger partial charge >= 0.3 is 6.03 Å².